The first-order valence-electron chi connectivity index (χ1n) is 18.1. The van der Waals surface area contributed by atoms with Gasteiger partial charge in [-0.05, 0) is 64.9 Å². The van der Waals surface area contributed by atoms with Crippen LogP contribution in [-0.2, 0) is 39.3 Å². The molecular formula is C42H47N5O5S. The van der Waals surface area contributed by atoms with Crippen LogP contribution in [0, 0.1) is 0 Å². The molecule has 53 heavy (non-hydrogen) atoms. The van der Waals surface area contributed by atoms with Gasteiger partial charge in [-0.2, -0.15) is 0 Å². The summed E-state index contributed by atoms with van der Waals surface area (Å²) < 4.78 is 15.2. The number of aromatic nitrogens is 2. The molecule has 4 aromatic carbocycles. The number of nitrogens with zero attached hydrogens (tertiary/aromatic N) is 2. The maximum Gasteiger partial charge on any atom is 0.224 e. The molecule has 0 unspecified atom stereocenters. The lowest BCUT2D eigenvalue weighted by Gasteiger charge is -2.36. The lowest BCUT2D eigenvalue weighted by molar-refractivity contribution is -0.245. The minimum atomic E-state index is -0.572. The first-order valence-corrected chi connectivity index (χ1v) is 19.0. The second-order valence-corrected chi connectivity index (χ2v) is 14.3. The number of aryl methyl sites for hydroxylation is 1. The molecule has 0 spiro atoms. The average Bonchev–Trinajstić information content (AvgIpc) is 3.61. The number of nitrogens with two attached hydrogens (primary N) is 1. The van der Waals surface area contributed by atoms with E-state index in [1.807, 2.05) is 78.5 Å². The Hall–Kier alpha value is -4.94. The Labute approximate surface area is 315 Å². The van der Waals surface area contributed by atoms with Gasteiger partial charge in [-0.15, -0.1) is 0 Å². The molecule has 2 amide bonds. The minimum absolute atomic E-state index is 0.00358. The highest BCUT2D eigenvalue weighted by molar-refractivity contribution is 7.99. The Morgan fingerprint density at radius 2 is 1.62 bits per heavy atom. The largest absolute Gasteiger partial charge is 0.397 e. The van der Waals surface area contributed by atoms with Gasteiger partial charge in [-0.3, -0.25) is 9.59 Å². The molecular weight excluding hydrogens is 687 g/mol. The van der Waals surface area contributed by atoms with E-state index in [0.717, 1.165) is 50.7 Å². The number of rotatable bonds is 16. The first-order chi connectivity index (χ1) is 25.8. The monoisotopic (exact) mass is 733 g/mol. The Morgan fingerprint density at radius 3 is 2.38 bits per heavy atom. The zero-order chi connectivity index (χ0) is 37.0. The number of carbonyl (C=O) groups excluding carboxylic acids is 2. The first kappa shape index (κ1) is 37.8. The van der Waals surface area contributed by atoms with Crippen molar-refractivity contribution < 1.29 is 24.2 Å². The molecule has 10 nitrogen and oxygen atoms in total. The number of hydrogen-bond donors (Lipinski definition) is 4. The number of amides is 2. The number of para-hydroxylation sites is 2. The van der Waals surface area contributed by atoms with Crippen LogP contribution in [0.3, 0.4) is 0 Å². The number of nitrogens with one attached hydrogen (secondary N) is 2. The molecule has 1 aliphatic rings. The highest BCUT2D eigenvalue weighted by atomic mass is 32.2. The molecule has 11 heteroatoms. The molecule has 0 aliphatic carbocycles. The van der Waals surface area contributed by atoms with Gasteiger partial charge in [0, 0.05) is 56.6 Å². The van der Waals surface area contributed by atoms with Crippen molar-refractivity contribution in [1.29, 1.82) is 0 Å². The molecule has 276 valence electrons. The average molecular weight is 734 g/mol. The van der Waals surface area contributed by atoms with E-state index in [9.17, 15) is 14.7 Å². The van der Waals surface area contributed by atoms with E-state index in [2.05, 4.69) is 39.9 Å². The number of anilines is 2. The summed E-state index contributed by atoms with van der Waals surface area (Å²) >= 11 is 1.67. The lowest BCUT2D eigenvalue weighted by Crippen LogP contribution is -2.31. The molecule has 5 aromatic rings. The van der Waals surface area contributed by atoms with Crippen molar-refractivity contribution in [3.05, 3.63) is 132 Å². The van der Waals surface area contributed by atoms with Crippen LogP contribution in [0.4, 0.5) is 11.4 Å². The van der Waals surface area contributed by atoms with Gasteiger partial charge < -0.3 is 35.5 Å². The van der Waals surface area contributed by atoms with Crippen molar-refractivity contribution in [3.63, 3.8) is 0 Å². The number of thioether (sulfide) groups is 1. The summed E-state index contributed by atoms with van der Waals surface area (Å²) in [5.74, 6) is 0.637. The quantitative estimate of drug-likeness (QED) is 0.0460. The van der Waals surface area contributed by atoms with Crippen LogP contribution in [0.15, 0.2) is 115 Å². The minimum Gasteiger partial charge on any atom is -0.397 e. The van der Waals surface area contributed by atoms with Gasteiger partial charge in [0.2, 0.25) is 11.8 Å². The zero-order valence-electron chi connectivity index (χ0n) is 29.9. The smallest absolute Gasteiger partial charge is 0.224 e. The second-order valence-electron chi connectivity index (χ2n) is 13.3. The Kier molecular flexibility index (Phi) is 13.3. The number of benzene rings is 4. The number of unbranched alkanes of at least 4 members (excludes halogenated alkanes) is 2. The summed E-state index contributed by atoms with van der Waals surface area (Å²) in [7, 11) is 1.99. The number of aliphatic hydroxyl groups is 1. The molecule has 6 rings (SSSR count). The predicted molar refractivity (Wildman–Crippen MR) is 209 cm³/mol. The van der Waals surface area contributed by atoms with Crippen molar-refractivity contribution in [2.24, 2.45) is 7.05 Å². The van der Waals surface area contributed by atoms with E-state index in [-0.39, 0.29) is 30.6 Å². The summed E-state index contributed by atoms with van der Waals surface area (Å²) in [6.45, 7) is 0.421. The summed E-state index contributed by atoms with van der Waals surface area (Å²) in [6.07, 6.45) is 6.59. The molecule has 3 atom stereocenters. The van der Waals surface area contributed by atoms with Crippen molar-refractivity contribution in [2.45, 2.75) is 75.3 Å². The van der Waals surface area contributed by atoms with Crippen molar-refractivity contribution >= 4 is 35.0 Å². The fourth-order valence-electron chi connectivity index (χ4n) is 6.27. The Balaban J connectivity index is 1.03. The van der Waals surface area contributed by atoms with Gasteiger partial charge in [-0.25, -0.2) is 4.98 Å². The highest BCUT2D eigenvalue weighted by Gasteiger charge is 2.32. The van der Waals surface area contributed by atoms with Crippen molar-refractivity contribution in [2.75, 3.05) is 16.8 Å². The second kappa shape index (κ2) is 18.7. The molecule has 1 saturated heterocycles. The normalized spacial score (nSPS) is 17.0. The van der Waals surface area contributed by atoms with Crippen LogP contribution in [0.5, 0.6) is 0 Å². The van der Waals surface area contributed by atoms with E-state index in [0.29, 0.717) is 50.0 Å². The fourth-order valence-corrected chi connectivity index (χ4v) is 7.22. The van der Waals surface area contributed by atoms with Gasteiger partial charge in [0.1, 0.15) is 0 Å². The van der Waals surface area contributed by atoms with Crippen LogP contribution >= 0.6 is 11.8 Å². The predicted octanol–water partition coefficient (Wildman–Crippen LogP) is 7.70. The van der Waals surface area contributed by atoms with Crippen LogP contribution < -0.4 is 16.4 Å². The van der Waals surface area contributed by atoms with Crippen molar-refractivity contribution in [1.82, 2.24) is 14.9 Å². The maximum atomic E-state index is 12.6. The number of aliphatic hydroxyl groups excluding tert-OH is 1. The molecule has 0 radical (unpaired) electrons. The maximum absolute atomic E-state index is 12.6. The van der Waals surface area contributed by atoms with E-state index >= 15 is 0 Å². The molecule has 5 N–H and O–H groups in total. The fraction of sp³-hybridized carbons (Fsp3) is 0.310. The van der Waals surface area contributed by atoms with E-state index in [1.165, 1.54) is 0 Å². The van der Waals surface area contributed by atoms with E-state index in [4.69, 9.17) is 15.2 Å². The molecule has 1 aliphatic heterocycles. The zero-order valence-corrected chi connectivity index (χ0v) is 30.8. The summed E-state index contributed by atoms with van der Waals surface area (Å²) in [6, 6.07) is 31.5. The number of carbonyl (C=O) groups is 2. The van der Waals surface area contributed by atoms with Crippen LogP contribution in [0.25, 0.3) is 11.1 Å². The van der Waals surface area contributed by atoms with Crippen LogP contribution in [-0.4, -0.2) is 38.3 Å². The Bertz CT molecular complexity index is 1970. The third-order valence-corrected chi connectivity index (χ3v) is 10.4. The molecule has 1 fully saturated rings. The Morgan fingerprint density at radius 1 is 0.868 bits per heavy atom. The number of ether oxygens (including phenoxy) is 2. The topological polar surface area (TPSA) is 141 Å². The summed E-state index contributed by atoms with van der Waals surface area (Å²) in [5.41, 5.74) is 12.9. The van der Waals surface area contributed by atoms with Crippen molar-refractivity contribution in [3.8, 4) is 11.1 Å². The standard InChI is InChI=1S/C42H47N5O5S/c1-47-22-21-44-42(47)53-28-35-25-38(31-19-17-29(27-48)18-20-31)52-41(51-35)34-12-8-11-33(24-34)32-10-7-9-30(23-32)26-45-39(49)15-3-2-4-16-40(50)46-37-14-6-5-13-36(37)43/h5-14,17-24,35,38,41,48H,2-4,15-16,25-28,43H2,1H3,(H,45,49)(H,46,50)/t35-,38+,41+/m0/s1. The SMILES string of the molecule is Cn1ccnc1SC[C@@H]1C[C@H](c2ccc(CO)cc2)O[C@H](c2cccc(-c3cccc(CNC(=O)CCCCCC(=O)Nc4ccccc4N)c3)c2)O1. The number of imidazole rings is 1. The van der Waals surface area contributed by atoms with Crippen LogP contribution in [0.1, 0.15) is 73.2 Å². The van der Waals surface area contributed by atoms with Gasteiger partial charge in [-0.1, -0.05) is 91.0 Å². The molecule has 2 heterocycles. The van der Waals surface area contributed by atoms with Gasteiger partial charge in [0.25, 0.3) is 0 Å². The number of hydrogen-bond acceptors (Lipinski definition) is 8. The van der Waals surface area contributed by atoms with Gasteiger partial charge >= 0.3 is 0 Å². The van der Waals surface area contributed by atoms with Gasteiger partial charge in [0.15, 0.2) is 11.4 Å². The number of nitrogen functional groups attached to an aromatic ring is 1. The summed E-state index contributed by atoms with van der Waals surface area (Å²) in [4.78, 5) is 29.3. The highest BCUT2D eigenvalue weighted by Crippen LogP contribution is 2.40. The third kappa shape index (κ3) is 10.8. The summed E-state index contributed by atoms with van der Waals surface area (Å²) in [5, 5.41) is 16.4. The molecule has 0 bridgehead atoms. The lowest BCUT2D eigenvalue weighted by atomic mass is 9.99. The van der Waals surface area contributed by atoms with E-state index in [1.54, 1.807) is 30.1 Å². The van der Waals surface area contributed by atoms with E-state index < -0.39 is 6.29 Å². The van der Waals surface area contributed by atoms with Gasteiger partial charge in [0.05, 0.1) is 30.2 Å². The van der Waals surface area contributed by atoms with Crippen LogP contribution in [0.2, 0.25) is 0 Å². The molecule has 1 aromatic heterocycles. The third-order valence-electron chi connectivity index (χ3n) is 9.24. The molecule has 0 saturated carbocycles.